The highest BCUT2D eigenvalue weighted by Gasteiger charge is 2.12. The molecule has 2 heterocycles. The van der Waals surface area contributed by atoms with Crippen LogP contribution in [0.4, 0.5) is 5.13 Å². The zero-order valence-corrected chi connectivity index (χ0v) is 14.7. The van der Waals surface area contributed by atoms with E-state index >= 15 is 0 Å². The number of anilines is 1. The molecule has 0 aliphatic carbocycles. The van der Waals surface area contributed by atoms with Gasteiger partial charge in [-0.3, -0.25) is 4.79 Å². The molecular weight excluding hydrogens is 346 g/mol. The number of rotatable bonds is 4. The van der Waals surface area contributed by atoms with Crippen molar-refractivity contribution in [2.45, 2.75) is 18.7 Å². The van der Waals surface area contributed by atoms with Crippen molar-refractivity contribution < 1.29 is 13.2 Å². The third-order valence-electron chi connectivity index (χ3n) is 3.43. The molecule has 0 spiro atoms. The number of sulfone groups is 1. The van der Waals surface area contributed by atoms with Crippen LogP contribution in [0, 0.1) is 0 Å². The van der Waals surface area contributed by atoms with Crippen LogP contribution in [0.5, 0.6) is 0 Å². The Morgan fingerprint density at radius 1 is 1.12 bits per heavy atom. The zero-order chi connectivity index (χ0) is 17.3. The first-order valence-electron chi connectivity index (χ1n) is 7.27. The van der Waals surface area contributed by atoms with Gasteiger partial charge in [0.25, 0.3) is 0 Å². The predicted octanol–water partition coefficient (Wildman–Crippen LogP) is 3.11. The first-order valence-corrected chi connectivity index (χ1v) is 9.74. The Labute approximate surface area is 143 Å². The molecule has 3 aromatic rings. The van der Waals surface area contributed by atoms with Gasteiger partial charge in [-0.2, -0.15) is 0 Å². The maximum Gasteiger partial charge on any atom is 0.223 e. The molecule has 0 saturated carbocycles. The molecule has 24 heavy (non-hydrogen) atoms. The van der Waals surface area contributed by atoms with E-state index in [9.17, 15) is 13.2 Å². The summed E-state index contributed by atoms with van der Waals surface area (Å²) < 4.78 is 23.7. The molecule has 0 bridgehead atoms. The van der Waals surface area contributed by atoms with E-state index in [1.165, 1.54) is 18.3 Å². The molecule has 0 atom stereocenters. The maximum absolute atomic E-state index is 11.9. The van der Waals surface area contributed by atoms with Gasteiger partial charge in [0.05, 0.1) is 16.3 Å². The lowest BCUT2D eigenvalue weighted by Gasteiger charge is -2.04. The van der Waals surface area contributed by atoms with Crippen LogP contribution in [-0.2, 0) is 14.6 Å². The molecule has 124 valence electrons. The zero-order valence-electron chi connectivity index (χ0n) is 13.1. The lowest BCUT2D eigenvalue weighted by Crippen LogP contribution is -2.04. The van der Waals surface area contributed by atoms with Crippen molar-refractivity contribution >= 4 is 42.6 Å². The van der Waals surface area contributed by atoms with Gasteiger partial charge < -0.3 is 5.32 Å². The van der Waals surface area contributed by atoms with Crippen molar-refractivity contribution in [1.29, 1.82) is 0 Å². The standard InChI is InChI=1S/C16H15N3O3S2/c1-3-24(21,22)12-6-4-11(5-7-12)13-8-9-14-15(18-13)23-16(19-14)17-10(2)20/h4-9H,3H2,1-2H3,(H,17,19,20). The first-order chi connectivity index (χ1) is 11.4. The number of nitrogens with one attached hydrogen (secondary N) is 1. The molecule has 6 nitrogen and oxygen atoms in total. The Morgan fingerprint density at radius 3 is 2.46 bits per heavy atom. The summed E-state index contributed by atoms with van der Waals surface area (Å²) in [5.41, 5.74) is 2.25. The van der Waals surface area contributed by atoms with Gasteiger partial charge in [0.15, 0.2) is 15.0 Å². The van der Waals surface area contributed by atoms with Crippen LogP contribution >= 0.6 is 11.3 Å². The molecular formula is C16H15N3O3S2. The number of amides is 1. The average Bonchev–Trinajstić information content (AvgIpc) is 2.95. The number of fused-ring (bicyclic) bond motifs is 1. The lowest BCUT2D eigenvalue weighted by atomic mass is 10.1. The first kappa shape index (κ1) is 16.5. The fourth-order valence-corrected chi connectivity index (χ4v) is 3.95. The molecule has 1 N–H and O–H groups in total. The van der Waals surface area contributed by atoms with Crippen LogP contribution < -0.4 is 5.32 Å². The number of nitrogens with zero attached hydrogens (tertiary/aromatic N) is 2. The minimum absolute atomic E-state index is 0.0728. The molecule has 1 amide bonds. The highest BCUT2D eigenvalue weighted by atomic mass is 32.2. The molecule has 0 radical (unpaired) electrons. The second-order valence-electron chi connectivity index (χ2n) is 5.15. The van der Waals surface area contributed by atoms with Crippen LogP contribution in [-0.4, -0.2) is 30.0 Å². The van der Waals surface area contributed by atoms with Crippen molar-refractivity contribution in [2.75, 3.05) is 11.1 Å². The summed E-state index contributed by atoms with van der Waals surface area (Å²) in [4.78, 5) is 20.9. The largest absolute Gasteiger partial charge is 0.302 e. The smallest absolute Gasteiger partial charge is 0.223 e. The van der Waals surface area contributed by atoms with E-state index < -0.39 is 9.84 Å². The Balaban J connectivity index is 1.96. The maximum atomic E-state index is 11.9. The predicted molar refractivity (Wildman–Crippen MR) is 94.9 cm³/mol. The van der Waals surface area contributed by atoms with Crippen molar-refractivity contribution in [2.24, 2.45) is 0 Å². The fraction of sp³-hybridized carbons (Fsp3) is 0.188. The summed E-state index contributed by atoms with van der Waals surface area (Å²) in [5, 5.41) is 3.15. The monoisotopic (exact) mass is 361 g/mol. The van der Waals surface area contributed by atoms with Gasteiger partial charge in [0, 0.05) is 12.5 Å². The van der Waals surface area contributed by atoms with E-state index in [1.54, 1.807) is 31.2 Å². The summed E-state index contributed by atoms with van der Waals surface area (Å²) in [6, 6.07) is 10.3. The number of aromatic nitrogens is 2. The van der Waals surface area contributed by atoms with Gasteiger partial charge in [-0.05, 0) is 24.3 Å². The number of benzene rings is 1. The van der Waals surface area contributed by atoms with Crippen LogP contribution in [0.2, 0.25) is 0 Å². The highest BCUT2D eigenvalue weighted by molar-refractivity contribution is 7.91. The normalized spacial score (nSPS) is 11.6. The number of hydrogen-bond donors (Lipinski definition) is 1. The molecule has 3 rings (SSSR count). The van der Waals surface area contributed by atoms with Gasteiger partial charge in [0.1, 0.15) is 10.3 Å². The van der Waals surface area contributed by atoms with Gasteiger partial charge in [0.2, 0.25) is 5.91 Å². The highest BCUT2D eigenvalue weighted by Crippen LogP contribution is 2.28. The number of carbonyl (C=O) groups is 1. The minimum atomic E-state index is -3.21. The average molecular weight is 361 g/mol. The Morgan fingerprint density at radius 2 is 1.83 bits per heavy atom. The van der Waals surface area contributed by atoms with Crippen molar-refractivity contribution in [3.8, 4) is 11.3 Å². The number of pyridine rings is 1. The fourth-order valence-electron chi connectivity index (χ4n) is 2.18. The Bertz CT molecular complexity index is 1010. The van der Waals surface area contributed by atoms with Crippen LogP contribution in [0.25, 0.3) is 21.6 Å². The summed E-state index contributed by atoms with van der Waals surface area (Å²) in [6.07, 6.45) is 0. The van der Waals surface area contributed by atoms with Crippen LogP contribution in [0.15, 0.2) is 41.3 Å². The van der Waals surface area contributed by atoms with E-state index in [2.05, 4.69) is 15.3 Å². The van der Waals surface area contributed by atoms with Crippen molar-refractivity contribution in [1.82, 2.24) is 9.97 Å². The van der Waals surface area contributed by atoms with Crippen LogP contribution in [0.1, 0.15) is 13.8 Å². The number of thiazole rings is 1. The molecule has 2 aromatic heterocycles. The van der Waals surface area contributed by atoms with Crippen molar-refractivity contribution in [3.05, 3.63) is 36.4 Å². The summed E-state index contributed by atoms with van der Waals surface area (Å²) in [5.74, 6) is -0.106. The molecule has 0 saturated heterocycles. The van der Waals surface area contributed by atoms with E-state index in [1.807, 2.05) is 12.1 Å². The summed E-state index contributed by atoms with van der Waals surface area (Å²) in [6.45, 7) is 3.05. The Kier molecular flexibility index (Phi) is 4.33. The summed E-state index contributed by atoms with van der Waals surface area (Å²) >= 11 is 1.30. The number of carbonyl (C=O) groups excluding carboxylic acids is 1. The number of hydrogen-bond acceptors (Lipinski definition) is 6. The van der Waals surface area contributed by atoms with E-state index in [0.29, 0.717) is 20.4 Å². The lowest BCUT2D eigenvalue weighted by molar-refractivity contribution is -0.114. The topological polar surface area (TPSA) is 89.0 Å². The van der Waals surface area contributed by atoms with E-state index in [0.717, 1.165) is 11.3 Å². The molecule has 0 fully saturated rings. The van der Waals surface area contributed by atoms with Gasteiger partial charge >= 0.3 is 0 Å². The molecule has 8 heteroatoms. The minimum Gasteiger partial charge on any atom is -0.302 e. The second kappa shape index (κ2) is 6.29. The molecule has 0 aliphatic heterocycles. The molecule has 1 aromatic carbocycles. The third-order valence-corrected chi connectivity index (χ3v) is 6.06. The molecule has 0 unspecified atom stereocenters. The van der Waals surface area contributed by atoms with Gasteiger partial charge in [-0.25, -0.2) is 18.4 Å². The van der Waals surface area contributed by atoms with E-state index in [-0.39, 0.29) is 11.7 Å². The van der Waals surface area contributed by atoms with Gasteiger partial charge in [-0.1, -0.05) is 30.4 Å². The SMILES string of the molecule is CCS(=O)(=O)c1ccc(-c2ccc3nc(NC(C)=O)sc3n2)cc1. The summed E-state index contributed by atoms with van der Waals surface area (Å²) in [7, 11) is -3.21. The third kappa shape index (κ3) is 3.29. The Hall–Kier alpha value is -2.32. The molecule has 0 aliphatic rings. The van der Waals surface area contributed by atoms with E-state index in [4.69, 9.17) is 0 Å². The van der Waals surface area contributed by atoms with Gasteiger partial charge in [-0.15, -0.1) is 0 Å². The van der Waals surface area contributed by atoms with Crippen LogP contribution in [0.3, 0.4) is 0 Å². The quantitative estimate of drug-likeness (QED) is 0.771. The van der Waals surface area contributed by atoms with Crippen molar-refractivity contribution in [3.63, 3.8) is 0 Å². The second-order valence-corrected chi connectivity index (χ2v) is 8.40.